The normalized spacial score (nSPS) is 21.1. The third-order valence-electron chi connectivity index (χ3n) is 9.99. The Bertz CT molecular complexity index is 809. The number of aliphatic hydroxyl groups excluding tert-OH is 4. The first-order chi connectivity index (χ1) is 24.8. The first-order valence-corrected chi connectivity index (χ1v) is 21.1. The molecule has 10 heteroatoms. The smallest absolute Gasteiger partial charge is 0.306 e. The standard InChI is InChI=1S/C41H78O10/c1-3-5-7-9-11-13-15-16-17-18-20-22-24-26-28-30-37(44)50-34(33-49-41-40(47)39(46)38(45)35(31-42)51-41)32-48-36(43)29-27-25-23-21-19-14-12-10-8-6-4-2/h34-35,38-42,45-47H,3-33H2,1-2H3/t34-,35-,38+,39+,40-,41-/m1/s1. The summed E-state index contributed by atoms with van der Waals surface area (Å²) in [7, 11) is 0. The molecule has 0 aliphatic carbocycles. The fourth-order valence-corrected chi connectivity index (χ4v) is 6.60. The van der Waals surface area contributed by atoms with E-state index in [0.29, 0.717) is 6.42 Å². The Hall–Kier alpha value is -1.30. The van der Waals surface area contributed by atoms with E-state index in [1.165, 1.54) is 122 Å². The Labute approximate surface area is 310 Å². The predicted octanol–water partition coefficient (Wildman–Crippen LogP) is 8.22. The highest BCUT2D eigenvalue weighted by molar-refractivity contribution is 5.70. The van der Waals surface area contributed by atoms with Crippen molar-refractivity contribution in [3.8, 4) is 0 Å². The van der Waals surface area contributed by atoms with Crippen LogP contribution in [0.15, 0.2) is 0 Å². The largest absolute Gasteiger partial charge is 0.462 e. The first kappa shape index (κ1) is 47.7. The van der Waals surface area contributed by atoms with E-state index >= 15 is 0 Å². The minimum Gasteiger partial charge on any atom is -0.462 e. The Morgan fingerprint density at radius 1 is 0.529 bits per heavy atom. The van der Waals surface area contributed by atoms with Crippen LogP contribution in [0.5, 0.6) is 0 Å². The molecule has 4 N–H and O–H groups in total. The van der Waals surface area contributed by atoms with Crippen LogP contribution in [0.3, 0.4) is 0 Å². The van der Waals surface area contributed by atoms with Crippen LogP contribution in [0.4, 0.5) is 0 Å². The molecule has 1 heterocycles. The van der Waals surface area contributed by atoms with E-state index in [4.69, 9.17) is 18.9 Å². The van der Waals surface area contributed by atoms with Crippen molar-refractivity contribution in [2.24, 2.45) is 0 Å². The fraction of sp³-hybridized carbons (Fsp3) is 0.951. The Balaban J connectivity index is 2.34. The number of esters is 2. The zero-order valence-corrected chi connectivity index (χ0v) is 32.6. The van der Waals surface area contributed by atoms with Crippen LogP contribution in [-0.4, -0.2) is 89.0 Å². The van der Waals surface area contributed by atoms with Crippen molar-refractivity contribution < 1.29 is 49.0 Å². The van der Waals surface area contributed by atoms with Crippen molar-refractivity contribution in [3.05, 3.63) is 0 Å². The molecule has 0 aromatic rings. The van der Waals surface area contributed by atoms with Gasteiger partial charge in [-0.3, -0.25) is 9.59 Å². The molecule has 0 aromatic heterocycles. The van der Waals surface area contributed by atoms with Crippen molar-refractivity contribution in [1.82, 2.24) is 0 Å². The van der Waals surface area contributed by atoms with E-state index < -0.39 is 49.4 Å². The van der Waals surface area contributed by atoms with Crippen molar-refractivity contribution in [2.75, 3.05) is 19.8 Å². The zero-order chi connectivity index (χ0) is 37.4. The molecule has 1 aliphatic rings. The second-order valence-electron chi connectivity index (χ2n) is 14.8. The molecule has 51 heavy (non-hydrogen) atoms. The van der Waals surface area contributed by atoms with Gasteiger partial charge in [0, 0.05) is 12.8 Å². The van der Waals surface area contributed by atoms with Gasteiger partial charge in [-0.1, -0.05) is 168 Å². The second-order valence-corrected chi connectivity index (χ2v) is 14.8. The number of ether oxygens (including phenoxy) is 4. The van der Waals surface area contributed by atoms with Gasteiger partial charge in [0.2, 0.25) is 0 Å². The first-order valence-electron chi connectivity index (χ1n) is 21.1. The molecule has 0 spiro atoms. The van der Waals surface area contributed by atoms with Crippen LogP contribution in [0.25, 0.3) is 0 Å². The molecule has 1 rings (SSSR count). The third-order valence-corrected chi connectivity index (χ3v) is 9.99. The molecule has 0 aromatic carbocycles. The van der Waals surface area contributed by atoms with Gasteiger partial charge in [0.15, 0.2) is 12.4 Å². The quantitative estimate of drug-likeness (QED) is 0.0371. The molecule has 0 saturated carbocycles. The molecule has 1 saturated heterocycles. The van der Waals surface area contributed by atoms with Crippen LogP contribution in [0, 0.1) is 0 Å². The average Bonchev–Trinajstić information content (AvgIpc) is 3.13. The Morgan fingerprint density at radius 2 is 0.922 bits per heavy atom. The maximum absolute atomic E-state index is 12.7. The fourth-order valence-electron chi connectivity index (χ4n) is 6.60. The van der Waals surface area contributed by atoms with Gasteiger partial charge >= 0.3 is 11.9 Å². The van der Waals surface area contributed by atoms with Crippen molar-refractivity contribution in [3.63, 3.8) is 0 Å². The van der Waals surface area contributed by atoms with Gasteiger partial charge in [-0.2, -0.15) is 0 Å². The molecule has 302 valence electrons. The number of hydrogen-bond donors (Lipinski definition) is 4. The molecule has 0 bridgehead atoms. The summed E-state index contributed by atoms with van der Waals surface area (Å²) < 4.78 is 22.1. The summed E-state index contributed by atoms with van der Waals surface area (Å²) in [6.07, 6.45) is 23.9. The van der Waals surface area contributed by atoms with Gasteiger partial charge in [0.25, 0.3) is 0 Å². The van der Waals surface area contributed by atoms with E-state index in [1.807, 2.05) is 0 Å². The van der Waals surface area contributed by atoms with Gasteiger partial charge in [-0.15, -0.1) is 0 Å². The molecular formula is C41H78O10. The minimum atomic E-state index is -1.59. The van der Waals surface area contributed by atoms with E-state index in [2.05, 4.69) is 13.8 Å². The van der Waals surface area contributed by atoms with Crippen molar-refractivity contribution >= 4 is 11.9 Å². The van der Waals surface area contributed by atoms with Crippen LogP contribution in [-0.2, 0) is 28.5 Å². The lowest BCUT2D eigenvalue weighted by Gasteiger charge is -2.39. The zero-order valence-electron chi connectivity index (χ0n) is 32.6. The van der Waals surface area contributed by atoms with Gasteiger partial charge < -0.3 is 39.4 Å². The molecule has 6 atom stereocenters. The second kappa shape index (κ2) is 33.3. The van der Waals surface area contributed by atoms with E-state index in [0.717, 1.165) is 38.5 Å². The molecule has 0 amide bonds. The Kier molecular flexibility index (Phi) is 31.1. The topological polar surface area (TPSA) is 152 Å². The van der Waals surface area contributed by atoms with Crippen LogP contribution >= 0.6 is 0 Å². The van der Waals surface area contributed by atoms with Gasteiger partial charge in [0.1, 0.15) is 31.0 Å². The molecule has 10 nitrogen and oxygen atoms in total. The van der Waals surface area contributed by atoms with Gasteiger partial charge in [0.05, 0.1) is 13.2 Å². The van der Waals surface area contributed by atoms with E-state index in [1.54, 1.807) is 0 Å². The van der Waals surface area contributed by atoms with Crippen LogP contribution in [0.1, 0.15) is 194 Å². The summed E-state index contributed by atoms with van der Waals surface area (Å²) >= 11 is 0. The monoisotopic (exact) mass is 731 g/mol. The maximum Gasteiger partial charge on any atom is 0.306 e. The van der Waals surface area contributed by atoms with Crippen molar-refractivity contribution in [1.29, 1.82) is 0 Å². The summed E-state index contributed by atoms with van der Waals surface area (Å²) in [5.74, 6) is -0.796. The van der Waals surface area contributed by atoms with Crippen LogP contribution < -0.4 is 0 Å². The SMILES string of the molecule is CCCCCCCCCCCCCCCCCC(=O)O[C@H](COC(=O)CCCCCCCCCCCCC)CO[C@@H]1O[C@H](CO)[C@H](O)[C@H](O)[C@H]1O. The molecule has 0 radical (unpaired) electrons. The summed E-state index contributed by atoms with van der Waals surface area (Å²) in [6, 6.07) is 0. The number of carbonyl (C=O) groups excluding carboxylic acids is 2. The summed E-state index contributed by atoms with van der Waals surface area (Å²) in [4.78, 5) is 25.2. The van der Waals surface area contributed by atoms with Gasteiger partial charge in [-0.25, -0.2) is 0 Å². The predicted molar refractivity (Wildman–Crippen MR) is 201 cm³/mol. The van der Waals surface area contributed by atoms with E-state index in [9.17, 15) is 30.0 Å². The highest BCUT2D eigenvalue weighted by Crippen LogP contribution is 2.23. The summed E-state index contributed by atoms with van der Waals surface area (Å²) in [6.45, 7) is 3.43. The van der Waals surface area contributed by atoms with Crippen molar-refractivity contribution in [2.45, 2.75) is 230 Å². The summed E-state index contributed by atoms with van der Waals surface area (Å²) in [5, 5.41) is 40.0. The number of hydrogen-bond acceptors (Lipinski definition) is 10. The Morgan fingerprint density at radius 3 is 1.33 bits per heavy atom. The number of carbonyl (C=O) groups is 2. The lowest BCUT2D eigenvalue weighted by atomic mass is 9.99. The summed E-state index contributed by atoms with van der Waals surface area (Å²) in [5.41, 5.74) is 0. The minimum absolute atomic E-state index is 0.209. The molecular weight excluding hydrogens is 652 g/mol. The molecule has 1 fully saturated rings. The van der Waals surface area contributed by atoms with Crippen LogP contribution in [0.2, 0.25) is 0 Å². The third kappa shape index (κ3) is 25.4. The number of unbranched alkanes of at least 4 members (excludes halogenated alkanes) is 24. The average molecular weight is 731 g/mol. The maximum atomic E-state index is 12.7. The highest BCUT2D eigenvalue weighted by atomic mass is 16.7. The van der Waals surface area contributed by atoms with E-state index in [-0.39, 0.29) is 32.0 Å². The molecule has 0 unspecified atom stereocenters. The lowest BCUT2D eigenvalue weighted by molar-refractivity contribution is -0.305. The highest BCUT2D eigenvalue weighted by Gasteiger charge is 2.44. The van der Waals surface area contributed by atoms with Gasteiger partial charge in [-0.05, 0) is 12.8 Å². The molecule has 1 aliphatic heterocycles. The lowest BCUT2D eigenvalue weighted by Crippen LogP contribution is -2.59. The number of aliphatic hydroxyl groups is 4. The number of rotatable bonds is 35.